The molecule has 3 heterocycles. The Morgan fingerprint density at radius 1 is 1.11 bits per heavy atom. The molecule has 3 aromatic rings. The number of benzene rings is 1. The summed E-state index contributed by atoms with van der Waals surface area (Å²) in [5.41, 5.74) is 0.904. The van der Waals surface area contributed by atoms with Gasteiger partial charge in [-0.05, 0) is 37.3 Å². The fraction of sp³-hybridized carbons (Fsp3) is 0.350. The number of pyridine rings is 1. The van der Waals surface area contributed by atoms with E-state index in [9.17, 15) is 0 Å². The van der Waals surface area contributed by atoms with Crippen molar-refractivity contribution in [3.63, 3.8) is 0 Å². The number of aromatic amines is 1. The molecule has 0 radical (unpaired) electrons. The number of H-pyrrole nitrogens is 1. The van der Waals surface area contributed by atoms with Gasteiger partial charge in [0.2, 0.25) is 5.89 Å². The number of ether oxygens (including phenoxy) is 1. The van der Waals surface area contributed by atoms with Gasteiger partial charge in [0.1, 0.15) is 31.9 Å². The first-order valence-electron chi connectivity index (χ1n) is 9.28. The Morgan fingerprint density at radius 2 is 1.89 bits per heavy atom. The van der Waals surface area contributed by atoms with E-state index in [2.05, 4.69) is 39.1 Å². The lowest BCUT2D eigenvalue weighted by Crippen LogP contribution is -3.14. The Labute approximate surface area is 158 Å². The molecule has 140 valence electrons. The van der Waals surface area contributed by atoms with Crippen molar-refractivity contribution in [3.05, 3.63) is 54.6 Å². The second-order valence-electron chi connectivity index (χ2n) is 6.79. The lowest BCUT2D eigenvalue weighted by Gasteiger charge is -2.30. The number of quaternary nitrogens is 1. The Hall–Kier alpha value is -2.93. The van der Waals surface area contributed by atoms with E-state index in [1.807, 2.05) is 36.5 Å². The number of rotatable bonds is 5. The fourth-order valence-electron chi connectivity index (χ4n) is 3.48. The number of methoxy groups -OCH3 is 1. The maximum absolute atomic E-state index is 5.97. The number of hydrogen-bond donors (Lipinski definition) is 1. The van der Waals surface area contributed by atoms with E-state index < -0.39 is 0 Å². The summed E-state index contributed by atoms with van der Waals surface area (Å²) in [6.07, 6.45) is 1.97. The molecule has 1 fully saturated rings. The molecular weight excluding hydrogens is 342 g/mol. The van der Waals surface area contributed by atoms with Gasteiger partial charge in [0.05, 0.1) is 13.3 Å². The van der Waals surface area contributed by atoms with Crippen LogP contribution in [-0.2, 0) is 0 Å². The number of nitrogens with zero attached hydrogens (tertiary/aromatic N) is 3. The fourth-order valence-corrected chi connectivity index (χ4v) is 3.48. The summed E-state index contributed by atoms with van der Waals surface area (Å²) >= 11 is 0. The first-order chi connectivity index (χ1) is 13.2. The van der Waals surface area contributed by atoms with E-state index in [1.54, 1.807) is 7.11 Å². The Bertz CT molecular complexity index is 858. The van der Waals surface area contributed by atoms with Gasteiger partial charge in [0.15, 0.2) is 6.04 Å². The number of nitrogens with one attached hydrogen (secondary N) is 2. The van der Waals surface area contributed by atoms with E-state index in [-0.39, 0.29) is 6.04 Å². The summed E-state index contributed by atoms with van der Waals surface area (Å²) < 4.78 is 11.2. The molecule has 7 heteroatoms. The summed E-state index contributed by atoms with van der Waals surface area (Å²) in [7, 11) is 1.65. The highest BCUT2D eigenvalue weighted by Gasteiger charge is 2.32. The molecule has 27 heavy (non-hydrogen) atoms. The van der Waals surface area contributed by atoms with Crippen molar-refractivity contribution in [2.24, 2.45) is 0 Å². The molecule has 1 aliphatic heterocycles. The van der Waals surface area contributed by atoms with Gasteiger partial charge in [0.25, 0.3) is 11.7 Å². The maximum Gasteiger partial charge on any atom is 0.274 e. The number of piperazine rings is 1. The van der Waals surface area contributed by atoms with Crippen molar-refractivity contribution < 1.29 is 19.0 Å². The van der Waals surface area contributed by atoms with Crippen LogP contribution in [0.5, 0.6) is 5.75 Å². The number of aromatic nitrogens is 3. The molecule has 0 saturated carbocycles. The van der Waals surface area contributed by atoms with Crippen molar-refractivity contribution in [1.29, 1.82) is 0 Å². The van der Waals surface area contributed by atoms with Crippen LogP contribution in [0.1, 0.15) is 18.9 Å². The van der Waals surface area contributed by atoms with Crippen molar-refractivity contribution >= 4 is 5.82 Å². The van der Waals surface area contributed by atoms with E-state index in [0.717, 1.165) is 37.5 Å². The van der Waals surface area contributed by atoms with Gasteiger partial charge in [-0.15, -0.1) is 10.2 Å². The quantitative estimate of drug-likeness (QED) is 0.729. The Kier molecular flexibility index (Phi) is 5.02. The zero-order valence-corrected chi connectivity index (χ0v) is 15.7. The van der Waals surface area contributed by atoms with Crippen LogP contribution in [0.4, 0.5) is 5.82 Å². The van der Waals surface area contributed by atoms with Crippen molar-refractivity contribution in [2.75, 3.05) is 38.2 Å². The maximum atomic E-state index is 5.97. The van der Waals surface area contributed by atoms with Crippen LogP contribution >= 0.6 is 0 Å². The third-order valence-corrected chi connectivity index (χ3v) is 5.20. The zero-order valence-electron chi connectivity index (χ0n) is 15.7. The molecule has 4 rings (SSSR count). The van der Waals surface area contributed by atoms with E-state index >= 15 is 0 Å². The second-order valence-corrected chi connectivity index (χ2v) is 6.79. The van der Waals surface area contributed by atoms with Gasteiger partial charge in [-0.1, -0.05) is 6.07 Å². The minimum Gasteiger partial charge on any atom is -0.497 e. The van der Waals surface area contributed by atoms with Gasteiger partial charge in [-0.2, -0.15) is 0 Å². The average molecular weight is 367 g/mol. The highest BCUT2D eigenvalue weighted by Crippen LogP contribution is 2.22. The largest absolute Gasteiger partial charge is 0.497 e. The second kappa shape index (κ2) is 7.75. The molecule has 0 bridgehead atoms. The minimum absolute atomic E-state index is 0.173. The van der Waals surface area contributed by atoms with Gasteiger partial charge in [-0.25, -0.2) is 4.98 Å². The van der Waals surface area contributed by atoms with Crippen LogP contribution in [-0.4, -0.2) is 43.5 Å². The SMILES string of the molecule is COc1ccc(-c2nnc([C@H](C)[NH+]3CCN(c4cccc[nH+]4)CC3)o2)cc1. The van der Waals surface area contributed by atoms with E-state index in [4.69, 9.17) is 9.15 Å². The van der Waals surface area contributed by atoms with Gasteiger partial charge < -0.3 is 14.1 Å². The van der Waals surface area contributed by atoms with E-state index in [0.29, 0.717) is 11.8 Å². The van der Waals surface area contributed by atoms with Crippen LogP contribution in [0.2, 0.25) is 0 Å². The van der Waals surface area contributed by atoms with Gasteiger partial charge >= 0.3 is 0 Å². The normalized spacial score (nSPS) is 16.3. The van der Waals surface area contributed by atoms with E-state index in [1.165, 1.54) is 10.7 Å². The molecule has 0 aliphatic carbocycles. The van der Waals surface area contributed by atoms with Crippen molar-refractivity contribution in [1.82, 2.24) is 10.2 Å². The number of anilines is 1. The Morgan fingerprint density at radius 3 is 2.56 bits per heavy atom. The topological polar surface area (TPSA) is 70.0 Å². The molecule has 2 aromatic heterocycles. The molecular formula is C20H25N5O2+2. The molecule has 0 unspecified atom stereocenters. The molecule has 0 spiro atoms. The number of hydrogen-bond acceptors (Lipinski definition) is 5. The summed E-state index contributed by atoms with van der Waals surface area (Å²) in [6.45, 7) is 6.22. The van der Waals surface area contributed by atoms with Gasteiger partial charge in [-0.3, -0.25) is 4.90 Å². The average Bonchev–Trinajstić information content (AvgIpc) is 3.24. The third-order valence-electron chi connectivity index (χ3n) is 5.20. The van der Waals surface area contributed by atoms with Crippen LogP contribution in [0.25, 0.3) is 11.5 Å². The molecule has 0 amide bonds. The lowest BCUT2D eigenvalue weighted by atomic mass is 10.2. The first kappa shape index (κ1) is 17.5. The predicted molar refractivity (Wildman–Crippen MR) is 101 cm³/mol. The monoisotopic (exact) mass is 367 g/mol. The van der Waals surface area contributed by atoms with Crippen LogP contribution in [0.15, 0.2) is 53.1 Å². The molecule has 1 aromatic carbocycles. The highest BCUT2D eigenvalue weighted by atomic mass is 16.5. The molecule has 1 saturated heterocycles. The molecule has 1 aliphatic rings. The van der Waals surface area contributed by atoms with Crippen molar-refractivity contribution in [2.45, 2.75) is 13.0 Å². The summed E-state index contributed by atoms with van der Waals surface area (Å²) in [5.74, 6) is 3.22. The summed E-state index contributed by atoms with van der Waals surface area (Å²) in [5, 5.41) is 8.53. The highest BCUT2D eigenvalue weighted by molar-refractivity contribution is 5.53. The summed E-state index contributed by atoms with van der Waals surface area (Å²) in [6, 6.07) is 14.0. The molecule has 7 nitrogen and oxygen atoms in total. The van der Waals surface area contributed by atoms with Crippen molar-refractivity contribution in [3.8, 4) is 17.2 Å². The van der Waals surface area contributed by atoms with Crippen LogP contribution in [0, 0.1) is 0 Å². The zero-order chi connectivity index (χ0) is 18.6. The molecule has 2 N–H and O–H groups in total. The molecule has 1 atom stereocenters. The first-order valence-corrected chi connectivity index (χ1v) is 9.28. The standard InChI is InChI=1S/C20H23N5O2/c1-15(24-11-13-25(14-12-24)18-5-3-4-10-21-18)19-22-23-20(27-19)16-6-8-17(26-2)9-7-16/h3-10,15H,11-14H2,1-2H3/p+2/t15-/m0/s1. The van der Waals surface area contributed by atoms with Gasteiger partial charge in [0, 0.05) is 11.6 Å². The predicted octanol–water partition coefficient (Wildman–Crippen LogP) is 1.03. The Balaban J connectivity index is 1.40. The smallest absolute Gasteiger partial charge is 0.274 e. The summed E-state index contributed by atoms with van der Waals surface area (Å²) in [4.78, 5) is 7.16. The lowest BCUT2D eigenvalue weighted by molar-refractivity contribution is -0.931. The third kappa shape index (κ3) is 3.78. The minimum atomic E-state index is 0.173. The van der Waals surface area contributed by atoms with Crippen LogP contribution < -0.4 is 19.5 Å². The van der Waals surface area contributed by atoms with Crippen LogP contribution in [0.3, 0.4) is 0 Å².